The van der Waals surface area contributed by atoms with Crippen molar-refractivity contribution in [3.05, 3.63) is 60.7 Å². The number of methoxy groups -OCH3 is 1. The third-order valence-corrected chi connectivity index (χ3v) is 3.31. The van der Waals surface area contributed by atoms with Crippen molar-refractivity contribution in [1.82, 2.24) is 9.78 Å². The average molecular weight is 279 g/mol. The first-order valence-electron chi connectivity index (χ1n) is 6.77. The molecule has 0 aliphatic carbocycles. The molecule has 0 spiro atoms. The van der Waals surface area contributed by atoms with Gasteiger partial charge in [0.2, 0.25) is 0 Å². The summed E-state index contributed by atoms with van der Waals surface area (Å²) in [6.07, 6.45) is 0. The number of nitrogens with one attached hydrogen (secondary N) is 1. The number of aromatic nitrogens is 2. The second-order valence-corrected chi connectivity index (χ2v) is 4.76. The van der Waals surface area contributed by atoms with Gasteiger partial charge in [0, 0.05) is 18.8 Å². The van der Waals surface area contributed by atoms with Crippen LogP contribution in [0.4, 0.5) is 11.5 Å². The highest BCUT2D eigenvalue weighted by atomic mass is 16.5. The Morgan fingerprint density at radius 2 is 1.71 bits per heavy atom. The van der Waals surface area contributed by atoms with E-state index in [1.165, 1.54) is 0 Å². The first-order chi connectivity index (χ1) is 10.3. The zero-order valence-corrected chi connectivity index (χ0v) is 12.1. The largest absolute Gasteiger partial charge is 0.497 e. The molecule has 21 heavy (non-hydrogen) atoms. The Morgan fingerprint density at radius 1 is 1.00 bits per heavy atom. The fraction of sp³-hybridized carbons (Fsp3) is 0.118. The number of hydrogen-bond acceptors (Lipinski definition) is 3. The molecule has 0 bridgehead atoms. The topological polar surface area (TPSA) is 39.1 Å². The Balaban J connectivity index is 1.83. The van der Waals surface area contributed by atoms with Gasteiger partial charge in [0.1, 0.15) is 5.75 Å². The summed E-state index contributed by atoms with van der Waals surface area (Å²) in [6.45, 7) is 0. The van der Waals surface area contributed by atoms with Gasteiger partial charge in [-0.3, -0.25) is 4.68 Å². The minimum absolute atomic E-state index is 0.821. The van der Waals surface area contributed by atoms with Crippen molar-refractivity contribution < 1.29 is 4.74 Å². The molecular weight excluding hydrogens is 262 g/mol. The number of aryl methyl sites for hydroxylation is 1. The standard InChI is InChI=1S/C17H17N3O/c1-20-16(13-6-4-3-5-7-13)12-17(19-20)18-14-8-10-15(21-2)11-9-14/h3-12H,1-2H3,(H,18,19). The summed E-state index contributed by atoms with van der Waals surface area (Å²) in [7, 11) is 3.61. The van der Waals surface area contributed by atoms with Crippen LogP contribution in [-0.4, -0.2) is 16.9 Å². The van der Waals surface area contributed by atoms with E-state index in [0.717, 1.165) is 28.5 Å². The molecule has 0 amide bonds. The van der Waals surface area contributed by atoms with E-state index >= 15 is 0 Å². The van der Waals surface area contributed by atoms with Crippen molar-refractivity contribution in [3.63, 3.8) is 0 Å². The molecule has 0 saturated carbocycles. The molecule has 0 saturated heterocycles. The lowest BCUT2D eigenvalue weighted by molar-refractivity contribution is 0.415. The van der Waals surface area contributed by atoms with Gasteiger partial charge in [-0.1, -0.05) is 30.3 Å². The van der Waals surface area contributed by atoms with Gasteiger partial charge in [-0.25, -0.2) is 0 Å². The minimum Gasteiger partial charge on any atom is -0.497 e. The van der Waals surface area contributed by atoms with E-state index in [-0.39, 0.29) is 0 Å². The van der Waals surface area contributed by atoms with Gasteiger partial charge in [-0.05, 0) is 29.8 Å². The molecule has 2 aromatic carbocycles. The highest BCUT2D eigenvalue weighted by molar-refractivity contribution is 5.66. The molecule has 0 atom stereocenters. The number of anilines is 2. The molecule has 106 valence electrons. The number of hydrogen-bond donors (Lipinski definition) is 1. The Kier molecular flexibility index (Phi) is 3.60. The molecule has 0 radical (unpaired) electrons. The van der Waals surface area contributed by atoms with Crippen LogP contribution in [0, 0.1) is 0 Å². The molecule has 0 unspecified atom stereocenters. The number of ether oxygens (including phenoxy) is 1. The number of nitrogens with zero attached hydrogens (tertiary/aromatic N) is 2. The zero-order chi connectivity index (χ0) is 14.7. The lowest BCUT2D eigenvalue weighted by Crippen LogP contribution is -1.95. The second-order valence-electron chi connectivity index (χ2n) is 4.76. The summed E-state index contributed by atoms with van der Waals surface area (Å²) >= 11 is 0. The maximum atomic E-state index is 5.15. The third-order valence-electron chi connectivity index (χ3n) is 3.31. The van der Waals surface area contributed by atoms with E-state index < -0.39 is 0 Å². The number of rotatable bonds is 4. The Hall–Kier alpha value is -2.75. The van der Waals surface area contributed by atoms with E-state index in [1.807, 2.05) is 60.3 Å². The van der Waals surface area contributed by atoms with E-state index in [1.54, 1.807) is 7.11 Å². The molecule has 4 heteroatoms. The van der Waals surface area contributed by atoms with Gasteiger partial charge in [0.15, 0.2) is 5.82 Å². The molecule has 1 heterocycles. The van der Waals surface area contributed by atoms with Crippen molar-refractivity contribution in [2.45, 2.75) is 0 Å². The minimum atomic E-state index is 0.821. The van der Waals surface area contributed by atoms with Gasteiger partial charge < -0.3 is 10.1 Å². The van der Waals surface area contributed by atoms with Crippen molar-refractivity contribution in [2.75, 3.05) is 12.4 Å². The van der Waals surface area contributed by atoms with Crippen molar-refractivity contribution in [1.29, 1.82) is 0 Å². The van der Waals surface area contributed by atoms with Crippen molar-refractivity contribution >= 4 is 11.5 Å². The quantitative estimate of drug-likeness (QED) is 0.788. The molecule has 0 aliphatic heterocycles. The van der Waals surface area contributed by atoms with E-state index in [2.05, 4.69) is 22.5 Å². The van der Waals surface area contributed by atoms with Crippen LogP contribution < -0.4 is 10.1 Å². The fourth-order valence-corrected chi connectivity index (χ4v) is 2.23. The fourth-order valence-electron chi connectivity index (χ4n) is 2.23. The Morgan fingerprint density at radius 3 is 2.38 bits per heavy atom. The normalized spacial score (nSPS) is 10.4. The Labute approximate surface area is 124 Å². The van der Waals surface area contributed by atoms with E-state index in [4.69, 9.17) is 4.74 Å². The second kappa shape index (κ2) is 5.71. The van der Waals surface area contributed by atoms with Gasteiger partial charge in [-0.15, -0.1) is 0 Å². The molecule has 1 N–H and O–H groups in total. The van der Waals surface area contributed by atoms with Crippen LogP contribution in [-0.2, 0) is 7.05 Å². The predicted octanol–water partition coefficient (Wildman–Crippen LogP) is 3.84. The molecule has 0 aliphatic rings. The Bertz CT molecular complexity index is 718. The third kappa shape index (κ3) is 2.89. The first-order valence-corrected chi connectivity index (χ1v) is 6.77. The van der Waals surface area contributed by atoms with E-state index in [0.29, 0.717) is 0 Å². The smallest absolute Gasteiger partial charge is 0.153 e. The predicted molar refractivity (Wildman–Crippen MR) is 84.9 cm³/mol. The maximum absolute atomic E-state index is 5.15. The maximum Gasteiger partial charge on any atom is 0.153 e. The van der Waals surface area contributed by atoms with Gasteiger partial charge in [0.05, 0.1) is 12.8 Å². The van der Waals surface area contributed by atoms with Crippen molar-refractivity contribution in [3.8, 4) is 17.0 Å². The van der Waals surface area contributed by atoms with Crippen LogP contribution in [0.25, 0.3) is 11.3 Å². The molecule has 4 nitrogen and oxygen atoms in total. The van der Waals surface area contributed by atoms with Gasteiger partial charge in [0.25, 0.3) is 0 Å². The molecule has 3 aromatic rings. The van der Waals surface area contributed by atoms with Crippen molar-refractivity contribution in [2.24, 2.45) is 7.05 Å². The molecule has 0 fully saturated rings. The highest BCUT2D eigenvalue weighted by Gasteiger charge is 2.07. The zero-order valence-electron chi connectivity index (χ0n) is 12.1. The van der Waals surface area contributed by atoms with Crippen LogP contribution in [0.3, 0.4) is 0 Å². The van der Waals surface area contributed by atoms with Gasteiger partial charge in [-0.2, -0.15) is 5.10 Å². The summed E-state index contributed by atoms with van der Waals surface area (Å²) in [4.78, 5) is 0. The summed E-state index contributed by atoms with van der Waals surface area (Å²) in [5.74, 6) is 1.66. The average Bonchev–Trinajstić information content (AvgIpc) is 2.89. The highest BCUT2D eigenvalue weighted by Crippen LogP contribution is 2.24. The monoisotopic (exact) mass is 279 g/mol. The first kappa shape index (κ1) is 13.2. The van der Waals surface area contributed by atoms with Crippen LogP contribution in [0.1, 0.15) is 0 Å². The van der Waals surface area contributed by atoms with Crippen LogP contribution >= 0.6 is 0 Å². The van der Waals surface area contributed by atoms with Gasteiger partial charge >= 0.3 is 0 Å². The lowest BCUT2D eigenvalue weighted by Gasteiger charge is -2.03. The summed E-state index contributed by atoms with van der Waals surface area (Å²) in [5, 5.41) is 7.80. The molecule has 1 aromatic heterocycles. The number of benzene rings is 2. The van der Waals surface area contributed by atoms with Crippen LogP contribution in [0.15, 0.2) is 60.7 Å². The lowest BCUT2D eigenvalue weighted by atomic mass is 10.1. The summed E-state index contributed by atoms with van der Waals surface area (Å²) in [5.41, 5.74) is 3.20. The molecule has 3 rings (SSSR count). The summed E-state index contributed by atoms with van der Waals surface area (Å²) < 4.78 is 7.03. The summed E-state index contributed by atoms with van der Waals surface area (Å²) in [6, 6.07) is 20.0. The van der Waals surface area contributed by atoms with Crippen LogP contribution in [0.2, 0.25) is 0 Å². The SMILES string of the molecule is COc1ccc(Nc2cc(-c3ccccc3)n(C)n2)cc1. The molecular formula is C17H17N3O. The van der Waals surface area contributed by atoms with Crippen LogP contribution in [0.5, 0.6) is 5.75 Å². The van der Waals surface area contributed by atoms with E-state index in [9.17, 15) is 0 Å².